The lowest BCUT2D eigenvalue weighted by molar-refractivity contribution is -0.0910. The van der Waals surface area contributed by atoms with E-state index in [9.17, 15) is 0 Å². The van der Waals surface area contributed by atoms with Gasteiger partial charge in [0.15, 0.2) is 0 Å². The molecule has 0 bridgehead atoms. The minimum atomic E-state index is 0.343. The molecule has 0 amide bonds. The molecule has 0 aliphatic carbocycles. The lowest BCUT2D eigenvalue weighted by Gasteiger charge is -2.22. The molecule has 1 heterocycles. The van der Waals surface area contributed by atoms with Crippen molar-refractivity contribution in [3.05, 3.63) is 6.92 Å². The first-order valence-electron chi connectivity index (χ1n) is 3.92. The molecular formula is C8H15O2. The summed E-state index contributed by atoms with van der Waals surface area (Å²) in [6, 6.07) is 0. The van der Waals surface area contributed by atoms with Gasteiger partial charge in [-0.2, -0.15) is 0 Å². The summed E-state index contributed by atoms with van der Waals surface area (Å²) < 4.78 is 10.7. The van der Waals surface area contributed by atoms with Gasteiger partial charge in [0, 0.05) is 0 Å². The Morgan fingerprint density at radius 2 is 2.30 bits per heavy atom. The number of rotatable bonds is 3. The zero-order chi connectivity index (χ0) is 7.23. The quantitative estimate of drug-likeness (QED) is 0.594. The molecule has 1 aliphatic rings. The zero-order valence-electron chi connectivity index (χ0n) is 6.34. The van der Waals surface area contributed by atoms with Gasteiger partial charge in [-0.15, -0.1) is 0 Å². The molecule has 1 unspecified atom stereocenters. The Kier molecular flexibility index (Phi) is 3.76. The highest BCUT2D eigenvalue weighted by atomic mass is 16.6. The van der Waals surface area contributed by atoms with Crippen molar-refractivity contribution in [3.8, 4) is 0 Å². The molecule has 0 spiro atoms. The van der Waals surface area contributed by atoms with E-state index in [0.29, 0.717) is 6.10 Å². The van der Waals surface area contributed by atoms with E-state index >= 15 is 0 Å². The molecule has 1 rings (SSSR count). The standard InChI is InChI=1S/C8H15O2/c1-2-3-4-8-7-9-5-6-10-8/h8H,1-7H2. The fourth-order valence-corrected chi connectivity index (χ4v) is 1.08. The topological polar surface area (TPSA) is 18.5 Å². The Morgan fingerprint density at radius 3 is 2.90 bits per heavy atom. The van der Waals surface area contributed by atoms with Crippen molar-refractivity contribution in [2.75, 3.05) is 19.8 Å². The largest absolute Gasteiger partial charge is 0.376 e. The number of ether oxygens (including phenoxy) is 2. The first kappa shape index (κ1) is 8.02. The van der Waals surface area contributed by atoms with Gasteiger partial charge in [0.05, 0.1) is 25.9 Å². The molecule has 1 aliphatic heterocycles. The molecule has 59 valence electrons. The third kappa shape index (κ3) is 2.67. The van der Waals surface area contributed by atoms with Gasteiger partial charge in [0.2, 0.25) is 0 Å². The SMILES string of the molecule is [CH2]CCCC1COCCO1. The van der Waals surface area contributed by atoms with Gasteiger partial charge in [0.25, 0.3) is 0 Å². The first-order valence-corrected chi connectivity index (χ1v) is 3.92. The minimum Gasteiger partial charge on any atom is -0.376 e. The summed E-state index contributed by atoms with van der Waals surface area (Å²) >= 11 is 0. The summed E-state index contributed by atoms with van der Waals surface area (Å²) in [6.07, 6.45) is 3.59. The van der Waals surface area contributed by atoms with Crippen LogP contribution in [0.15, 0.2) is 0 Å². The van der Waals surface area contributed by atoms with Gasteiger partial charge in [-0.3, -0.25) is 0 Å². The van der Waals surface area contributed by atoms with Crippen LogP contribution in [-0.2, 0) is 9.47 Å². The average molecular weight is 143 g/mol. The molecule has 1 saturated heterocycles. The Hall–Kier alpha value is -0.0800. The van der Waals surface area contributed by atoms with Crippen LogP contribution in [-0.4, -0.2) is 25.9 Å². The van der Waals surface area contributed by atoms with Crippen LogP contribution >= 0.6 is 0 Å². The van der Waals surface area contributed by atoms with Crippen LogP contribution in [0.1, 0.15) is 19.3 Å². The van der Waals surface area contributed by atoms with Gasteiger partial charge in [-0.25, -0.2) is 0 Å². The van der Waals surface area contributed by atoms with Gasteiger partial charge < -0.3 is 9.47 Å². The second kappa shape index (κ2) is 4.69. The Balaban J connectivity index is 2.02. The minimum absolute atomic E-state index is 0.343. The van der Waals surface area contributed by atoms with Crippen LogP contribution < -0.4 is 0 Å². The molecule has 0 N–H and O–H groups in total. The van der Waals surface area contributed by atoms with Crippen LogP contribution in [0.2, 0.25) is 0 Å². The third-order valence-corrected chi connectivity index (χ3v) is 1.66. The van der Waals surface area contributed by atoms with Crippen molar-refractivity contribution < 1.29 is 9.47 Å². The Labute approximate surface area is 62.5 Å². The van der Waals surface area contributed by atoms with E-state index in [-0.39, 0.29) is 0 Å². The van der Waals surface area contributed by atoms with Crippen molar-refractivity contribution in [3.63, 3.8) is 0 Å². The van der Waals surface area contributed by atoms with E-state index in [1.165, 1.54) is 0 Å². The van der Waals surface area contributed by atoms with Crippen LogP contribution in [0, 0.1) is 6.92 Å². The normalized spacial score (nSPS) is 26.7. The van der Waals surface area contributed by atoms with E-state index in [1.54, 1.807) is 0 Å². The van der Waals surface area contributed by atoms with Gasteiger partial charge in [-0.05, 0) is 6.42 Å². The molecular weight excluding hydrogens is 128 g/mol. The fourth-order valence-electron chi connectivity index (χ4n) is 1.08. The predicted molar refractivity (Wildman–Crippen MR) is 39.8 cm³/mol. The maximum Gasteiger partial charge on any atom is 0.0809 e. The highest BCUT2D eigenvalue weighted by Gasteiger charge is 2.12. The molecule has 0 saturated carbocycles. The molecule has 0 aromatic carbocycles. The van der Waals surface area contributed by atoms with E-state index in [4.69, 9.17) is 9.47 Å². The number of unbranched alkanes of at least 4 members (excludes halogenated alkanes) is 1. The van der Waals surface area contributed by atoms with Crippen LogP contribution in [0.25, 0.3) is 0 Å². The smallest absolute Gasteiger partial charge is 0.0809 e. The molecule has 2 nitrogen and oxygen atoms in total. The van der Waals surface area contributed by atoms with Gasteiger partial charge in [0.1, 0.15) is 0 Å². The number of hydrogen-bond donors (Lipinski definition) is 0. The average Bonchev–Trinajstić information content (AvgIpc) is 2.03. The molecule has 1 radical (unpaired) electrons. The van der Waals surface area contributed by atoms with E-state index in [2.05, 4.69) is 6.92 Å². The van der Waals surface area contributed by atoms with Crippen LogP contribution in [0.4, 0.5) is 0 Å². The first-order chi connectivity index (χ1) is 4.93. The maximum atomic E-state index is 5.43. The molecule has 0 aromatic rings. The molecule has 1 fully saturated rings. The van der Waals surface area contributed by atoms with Crippen LogP contribution in [0.3, 0.4) is 0 Å². The fraction of sp³-hybridized carbons (Fsp3) is 0.875. The monoisotopic (exact) mass is 143 g/mol. The summed E-state index contributed by atoms with van der Waals surface area (Å²) in [4.78, 5) is 0. The zero-order valence-corrected chi connectivity index (χ0v) is 6.34. The second-order valence-electron chi connectivity index (χ2n) is 2.56. The summed E-state index contributed by atoms with van der Waals surface area (Å²) in [5, 5.41) is 0. The van der Waals surface area contributed by atoms with E-state index in [0.717, 1.165) is 39.1 Å². The van der Waals surface area contributed by atoms with Crippen molar-refractivity contribution >= 4 is 0 Å². The van der Waals surface area contributed by atoms with Crippen molar-refractivity contribution in [2.45, 2.75) is 25.4 Å². The lowest BCUT2D eigenvalue weighted by Crippen LogP contribution is -2.28. The molecule has 10 heavy (non-hydrogen) atoms. The summed E-state index contributed by atoms with van der Waals surface area (Å²) in [7, 11) is 0. The summed E-state index contributed by atoms with van der Waals surface area (Å²) in [5.74, 6) is 0. The maximum absolute atomic E-state index is 5.43. The molecule has 1 atom stereocenters. The second-order valence-corrected chi connectivity index (χ2v) is 2.56. The molecule has 0 aromatic heterocycles. The van der Waals surface area contributed by atoms with Crippen molar-refractivity contribution in [1.82, 2.24) is 0 Å². The number of hydrogen-bond acceptors (Lipinski definition) is 2. The highest BCUT2D eigenvalue weighted by molar-refractivity contribution is 4.60. The van der Waals surface area contributed by atoms with Crippen molar-refractivity contribution in [1.29, 1.82) is 0 Å². The Morgan fingerprint density at radius 1 is 1.40 bits per heavy atom. The van der Waals surface area contributed by atoms with Gasteiger partial charge in [-0.1, -0.05) is 19.8 Å². The molecule has 2 heteroatoms. The van der Waals surface area contributed by atoms with E-state index < -0.39 is 0 Å². The van der Waals surface area contributed by atoms with E-state index in [1.807, 2.05) is 0 Å². The lowest BCUT2D eigenvalue weighted by atomic mass is 10.2. The summed E-state index contributed by atoms with van der Waals surface area (Å²) in [5.41, 5.74) is 0. The summed E-state index contributed by atoms with van der Waals surface area (Å²) in [6.45, 7) is 6.08. The van der Waals surface area contributed by atoms with Gasteiger partial charge >= 0.3 is 0 Å². The predicted octanol–water partition coefficient (Wildman–Crippen LogP) is 1.41. The Bertz CT molecular complexity index is 77.3. The highest BCUT2D eigenvalue weighted by Crippen LogP contribution is 2.08. The van der Waals surface area contributed by atoms with Crippen molar-refractivity contribution in [2.24, 2.45) is 0 Å². The third-order valence-electron chi connectivity index (χ3n) is 1.66. The van der Waals surface area contributed by atoms with Crippen LogP contribution in [0.5, 0.6) is 0 Å².